The van der Waals surface area contributed by atoms with Crippen LogP contribution in [-0.4, -0.2) is 9.79 Å². The quantitative estimate of drug-likeness (QED) is 0.690. The fourth-order valence-corrected chi connectivity index (χ4v) is 2.48. The molecule has 0 saturated carbocycles. The van der Waals surface area contributed by atoms with Gasteiger partial charge in [-0.1, -0.05) is 24.8 Å². The number of anilines is 1. The van der Waals surface area contributed by atoms with E-state index in [1.54, 1.807) is 25.1 Å². The lowest BCUT2D eigenvalue weighted by atomic mass is 9.96. The largest absolute Gasteiger partial charge is 0.470 e. The first-order chi connectivity index (χ1) is 7.33. The summed E-state index contributed by atoms with van der Waals surface area (Å²) >= 11 is 0. The summed E-state index contributed by atoms with van der Waals surface area (Å²) in [4.78, 5) is 17.8. The van der Waals surface area contributed by atoms with Crippen LogP contribution in [0.15, 0.2) is 36.5 Å². The maximum Gasteiger partial charge on any atom is 0.470 e. The minimum atomic E-state index is -4.57. The van der Waals surface area contributed by atoms with E-state index in [1.165, 1.54) is 0 Å². The van der Waals surface area contributed by atoms with E-state index in [-0.39, 0.29) is 0 Å². The van der Waals surface area contributed by atoms with Gasteiger partial charge in [-0.15, -0.1) is 0 Å². The lowest BCUT2D eigenvalue weighted by Crippen LogP contribution is -2.24. The van der Waals surface area contributed by atoms with Crippen LogP contribution in [0.1, 0.15) is 12.5 Å². The number of rotatable bonds is 2. The molecule has 1 aromatic carbocycles. The summed E-state index contributed by atoms with van der Waals surface area (Å²) in [6, 6.07) is 7.15. The van der Waals surface area contributed by atoms with Crippen molar-refractivity contribution in [3.63, 3.8) is 0 Å². The number of hydrogen-bond acceptors (Lipinski definition) is 3. The third kappa shape index (κ3) is 1.79. The van der Waals surface area contributed by atoms with Crippen molar-refractivity contribution < 1.29 is 18.9 Å². The highest BCUT2D eigenvalue weighted by Gasteiger charge is 2.43. The van der Waals surface area contributed by atoms with E-state index in [1.807, 2.05) is 6.07 Å². The highest BCUT2D eigenvalue weighted by Crippen LogP contribution is 2.52. The van der Waals surface area contributed by atoms with Crippen LogP contribution in [0.5, 0.6) is 0 Å². The van der Waals surface area contributed by atoms with Crippen LogP contribution in [0.25, 0.3) is 0 Å². The molecule has 0 radical (unpaired) electrons. The van der Waals surface area contributed by atoms with Crippen molar-refractivity contribution in [1.82, 2.24) is 0 Å². The Morgan fingerprint density at radius 3 is 2.69 bits per heavy atom. The van der Waals surface area contributed by atoms with Gasteiger partial charge in [0.25, 0.3) is 0 Å². The third-order valence-corrected chi connectivity index (χ3v) is 3.21. The van der Waals surface area contributed by atoms with Crippen LogP contribution in [0, 0.1) is 0 Å². The second-order valence-corrected chi connectivity index (χ2v) is 4.93. The van der Waals surface area contributed by atoms with Gasteiger partial charge in [-0.3, -0.25) is 4.52 Å². The van der Waals surface area contributed by atoms with Crippen molar-refractivity contribution >= 4 is 13.5 Å². The molecule has 0 saturated heterocycles. The van der Waals surface area contributed by atoms with E-state index in [4.69, 9.17) is 14.3 Å². The predicted octanol–water partition coefficient (Wildman–Crippen LogP) is 1.95. The number of phosphoric acid groups is 1. The molecule has 0 bridgehead atoms. The molecule has 0 spiro atoms. The molecule has 1 aliphatic heterocycles. The summed E-state index contributed by atoms with van der Waals surface area (Å²) in [5, 5.41) is 2.95. The normalized spacial score (nSPS) is 24.1. The molecule has 16 heavy (non-hydrogen) atoms. The smallest absolute Gasteiger partial charge is 0.356 e. The zero-order valence-electron chi connectivity index (χ0n) is 8.67. The zero-order chi connectivity index (χ0) is 12.0. The average molecular weight is 241 g/mol. The summed E-state index contributed by atoms with van der Waals surface area (Å²) in [5.74, 6) is 0. The molecule has 86 valence electrons. The lowest BCUT2D eigenvalue weighted by Gasteiger charge is -2.25. The minimum absolute atomic E-state index is 0.414. The first kappa shape index (κ1) is 11.4. The average Bonchev–Trinajstić information content (AvgIpc) is 2.37. The van der Waals surface area contributed by atoms with Crippen molar-refractivity contribution in [1.29, 1.82) is 0 Å². The molecule has 2 rings (SSSR count). The number of para-hydroxylation sites is 1. The molecule has 1 heterocycles. The molecule has 5 nitrogen and oxygen atoms in total. The molecule has 3 N–H and O–H groups in total. The number of fused-ring (bicyclic) bond motifs is 1. The zero-order valence-corrected chi connectivity index (χ0v) is 9.57. The van der Waals surface area contributed by atoms with Crippen molar-refractivity contribution in [2.45, 2.75) is 12.5 Å². The van der Waals surface area contributed by atoms with E-state index in [2.05, 4.69) is 11.9 Å². The first-order valence-corrected chi connectivity index (χ1v) is 6.18. The van der Waals surface area contributed by atoms with Crippen LogP contribution in [0.4, 0.5) is 5.69 Å². The molecular weight excluding hydrogens is 229 g/mol. The highest BCUT2D eigenvalue weighted by molar-refractivity contribution is 7.46. The molecule has 0 fully saturated rings. The Morgan fingerprint density at radius 1 is 1.44 bits per heavy atom. The fraction of sp³-hybridized carbons (Fsp3) is 0.200. The van der Waals surface area contributed by atoms with Gasteiger partial charge in [0.15, 0.2) is 0 Å². The number of nitrogens with one attached hydrogen (secondary N) is 1. The molecule has 1 aliphatic rings. The van der Waals surface area contributed by atoms with Gasteiger partial charge in [-0.25, -0.2) is 4.57 Å². The van der Waals surface area contributed by atoms with Crippen LogP contribution >= 0.6 is 7.82 Å². The topological polar surface area (TPSA) is 78.8 Å². The second-order valence-electron chi connectivity index (χ2n) is 3.76. The van der Waals surface area contributed by atoms with Crippen LogP contribution in [-0.2, 0) is 14.7 Å². The molecule has 0 amide bonds. The number of hydrogen-bond donors (Lipinski definition) is 3. The van der Waals surface area contributed by atoms with Crippen molar-refractivity contribution in [3.8, 4) is 0 Å². The number of benzene rings is 1. The Kier molecular flexibility index (Phi) is 2.44. The standard InChI is InChI=1S/C10H12NO4P/c1-7-10(2,15-16(12,13)14)8-5-3-4-6-9(8)11-7/h3-6,11H,1H2,2H3,(H2,12,13,14). The Balaban J connectivity index is 2.49. The Labute approximate surface area is 93.0 Å². The fourth-order valence-electron chi connectivity index (χ4n) is 1.79. The monoisotopic (exact) mass is 241 g/mol. The molecule has 0 aromatic heterocycles. The van der Waals surface area contributed by atoms with Gasteiger partial charge in [0.2, 0.25) is 0 Å². The lowest BCUT2D eigenvalue weighted by molar-refractivity contribution is 0.0835. The molecule has 1 atom stereocenters. The van der Waals surface area contributed by atoms with Crippen molar-refractivity contribution in [2.75, 3.05) is 5.32 Å². The third-order valence-electron chi connectivity index (χ3n) is 2.60. The SMILES string of the molecule is C=C1Nc2ccccc2C1(C)OP(=O)(O)O. The molecular formula is C10H12NO4P. The van der Waals surface area contributed by atoms with Crippen LogP contribution < -0.4 is 5.32 Å². The Morgan fingerprint density at radius 2 is 2.06 bits per heavy atom. The first-order valence-electron chi connectivity index (χ1n) is 4.65. The molecule has 1 aromatic rings. The van der Waals surface area contributed by atoms with Crippen molar-refractivity contribution in [3.05, 3.63) is 42.1 Å². The van der Waals surface area contributed by atoms with Crippen LogP contribution in [0.3, 0.4) is 0 Å². The van der Waals surface area contributed by atoms with E-state index >= 15 is 0 Å². The van der Waals surface area contributed by atoms with Gasteiger partial charge < -0.3 is 15.1 Å². The molecule has 1 unspecified atom stereocenters. The Hall–Kier alpha value is -1.13. The van der Waals surface area contributed by atoms with E-state index in [0.29, 0.717) is 11.3 Å². The molecule has 6 heteroatoms. The Bertz CT molecular complexity index is 495. The van der Waals surface area contributed by atoms with E-state index in [0.717, 1.165) is 5.69 Å². The predicted molar refractivity (Wildman–Crippen MR) is 59.7 cm³/mol. The van der Waals surface area contributed by atoms with E-state index in [9.17, 15) is 4.57 Å². The van der Waals surface area contributed by atoms with Gasteiger partial charge in [0.1, 0.15) is 5.60 Å². The number of phosphoric ester groups is 1. The second kappa shape index (κ2) is 3.43. The van der Waals surface area contributed by atoms with Crippen LogP contribution in [0.2, 0.25) is 0 Å². The summed E-state index contributed by atoms with van der Waals surface area (Å²) in [5.41, 5.74) is 0.638. The van der Waals surface area contributed by atoms with Crippen molar-refractivity contribution in [2.24, 2.45) is 0 Å². The van der Waals surface area contributed by atoms with Gasteiger partial charge in [-0.2, -0.15) is 0 Å². The summed E-state index contributed by atoms with van der Waals surface area (Å²) in [7, 11) is -4.57. The summed E-state index contributed by atoms with van der Waals surface area (Å²) < 4.78 is 15.8. The van der Waals surface area contributed by atoms with Gasteiger partial charge >= 0.3 is 7.82 Å². The molecule has 0 aliphatic carbocycles. The highest BCUT2D eigenvalue weighted by atomic mass is 31.2. The maximum absolute atomic E-state index is 11.0. The minimum Gasteiger partial charge on any atom is -0.356 e. The van der Waals surface area contributed by atoms with Gasteiger partial charge in [-0.05, 0) is 13.0 Å². The van der Waals surface area contributed by atoms with E-state index < -0.39 is 13.4 Å². The summed E-state index contributed by atoms with van der Waals surface area (Å²) in [6.07, 6.45) is 0. The maximum atomic E-state index is 11.0. The summed E-state index contributed by atoms with van der Waals surface area (Å²) in [6.45, 7) is 5.30. The van der Waals surface area contributed by atoms with Gasteiger partial charge in [0.05, 0.1) is 0 Å². The van der Waals surface area contributed by atoms with Gasteiger partial charge in [0, 0.05) is 16.9 Å².